The summed E-state index contributed by atoms with van der Waals surface area (Å²) in [5.41, 5.74) is 5.21. The lowest BCUT2D eigenvalue weighted by Gasteiger charge is -2.32. The van der Waals surface area contributed by atoms with Gasteiger partial charge >= 0.3 is 0 Å². The van der Waals surface area contributed by atoms with E-state index < -0.39 is 0 Å². The molecule has 0 aromatic rings. The van der Waals surface area contributed by atoms with E-state index in [1.54, 1.807) is 0 Å². The molecule has 0 bridgehead atoms. The quantitative estimate of drug-likeness (QED) is 0.600. The van der Waals surface area contributed by atoms with Crippen LogP contribution in [-0.4, -0.2) is 34.9 Å². The van der Waals surface area contributed by atoms with E-state index in [1.165, 1.54) is 6.92 Å². The number of hydrogen-bond acceptors (Lipinski definition) is 3. The lowest BCUT2D eigenvalue weighted by Crippen LogP contribution is -2.47. The smallest absolute Gasteiger partial charge is 0.222 e. The van der Waals surface area contributed by atoms with Gasteiger partial charge in [-0.1, -0.05) is 0 Å². The van der Waals surface area contributed by atoms with Crippen molar-refractivity contribution in [3.05, 3.63) is 0 Å². The molecule has 0 aromatic heterocycles. The first-order valence-electron chi connectivity index (χ1n) is 4.86. The van der Waals surface area contributed by atoms with E-state index in [0.717, 1.165) is 0 Å². The van der Waals surface area contributed by atoms with Crippen molar-refractivity contribution in [1.29, 1.82) is 0 Å². The zero-order valence-corrected chi connectivity index (χ0v) is 9.47. The molecule has 0 aliphatic carbocycles. The van der Waals surface area contributed by atoms with E-state index in [-0.39, 0.29) is 17.7 Å². The van der Waals surface area contributed by atoms with Gasteiger partial charge in [0, 0.05) is 25.9 Å². The van der Waals surface area contributed by atoms with Gasteiger partial charge in [0.2, 0.25) is 11.8 Å². The topological polar surface area (TPSA) is 75.4 Å². The summed E-state index contributed by atoms with van der Waals surface area (Å²) in [6.45, 7) is 2.77. The van der Waals surface area contributed by atoms with Gasteiger partial charge < -0.3 is 16.0 Å². The van der Waals surface area contributed by atoms with E-state index in [0.29, 0.717) is 31.0 Å². The van der Waals surface area contributed by atoms with Gasteiger partial charge in [-0.25, -0.2) is 0 Å². The van der Waals surface area contributed by atoms with Crippen LogP contribution in [0.2, 0.25) is 0 Å². The molecule has 0 atom stereocenters. The van der Waals surface area contributed by atoms with Gasteiger partial charge in [-0.05, 0) is 25.1 Å². The highest BCUT2D eigenvalue weighted by Crippen LogP contribution is 2.16. The molecule has 0 unspecified atom stereocenters. The van der Waals surface area contributed by atoms with E-state index >= 15 is 0 Å². The van der Waals surface area contributed by atoms with Crippen molar-refractivity contribution in [1.82, 2.24) is 10.2 Å². The van der Waals surface area contributed by atoms with Gasteiger partial charge in [0.25, 0.3) is 0 Å². The van der Waals surface area contributed by atoms with Crippen LogP contribution in [0.1, 0.15) is 19.8 Å². The van der Waals surface area contributed by atoms with Crippen molar-refractivity contribution >= 4 is 29.1 Å². The summed E-state index contributed by atoms with van der Waals surface area (Å²) in [6, 6.07) is 0. The Bertz CT molecular complexity index is 285. The number of nitrogens with zero attached hydrogens (tertiary/aromatic N) is 1. The van der Waals surface area contributed by atoms with Crippen molar-refractivity contribution in [2.24, 2.45) is 11.7 Å². The lowest BCUT2D eigenvalue weighted by molar-refractivity contribution is -0.123. The molecule has 1 heterocycles. The summed E-state index contributed by atoms with van der Waals surface area (Å²) in [7, 11) is 0. The van der Waals surface area contributed by atoms with Crippen molar-refractivity contribution in [2.45, 2.75) is 19.8 Å². The first-order valence-corrected chi connectivity index (χ1v) is 5.27. The average Bonchev–Trinajstić information content (AvgIpc) is 2.17. The van der Waals surface area contributed by atoms with Crippen molar-refractivity contribution in [3.63, 3.8) is 0 Å². The second-order valence-corrected chi connectivity index (χ2v) is 4.04. The van der Waals surface area contributed by atoms with E-state index in [2.05, 4.69) is 5.32 Å². The van der Waals surface area contributed by atoms with Crippen LogP contribution in [0, 0.1) is 5.92 Å². The monoisotopic (exact) mass is 229 g/mol. The van der Waals surface area contributed by atoms with Crippen LogP contribution in [0.3, 0.4) is 0 Å². The van der Waals surface area contributed by atoms with Crippen molar-refractivity contribution in [3.8, 4) is 0 Å². The highest BCUT2D eigenvalue weighted by Gasteiger charge is 2.24. The molecule has 0 aromatic carbocycles. The van der Waals surface area contributed by atoms with Gasteiger partial charge in [0.15, 0.2) is 5.11 Å². The first kappa shape index (κ1) is 11.9. The predicted octanol–water partition coefficient (Wildman–Crippen LogP) is -0.395. The summed E-state index contributed by atoms with van der Waals surface area (Å²) in [6.07, 6.45) is 1.41. The van der Waals surface area contributed by atoms with Gasteiger partial charge in [-0.3, -0.25) is 9.59 Å². The standard InChI is InChI=1S/C9H15N3O2S/c1-6(13)11-9(15)12-4-2-7(3-5-12)8(10)14/h7H,2-5H2,1H3,(H2,10,14)(H,11,13,15). The number of rotatable bonds is 1. The van der Waals surface area contributed by atoms with Gasteiger partial charge in [0.1, 0.15) is 0 Å². The molecule has 15 heavy (non-hydrogen) atoms. The number of carbonyl (C=O) groups excluding carboxylic acids is 2. The molecule has 1 fully saturated rings. The first-order chi connectivity index (χ1) is 7.00. The molecule has 3 N–H and O–H groups in total. The summed E-state index contributed by atoms with van der Waals surface area (Å²) in [5.74, 6) is -0.474. The Morgan fingerprint density at radius 3 is 2.33 bits per heavy atom. The molecule has 1 rings (SSSR count). The number of thiocarbonyl (C=S) groups is 1. The molecule has 6 heteroatoms. The third-order valence-corrected chi connectivity index (χ3v) is 2.83. The zero-order valence-electron chi connectivity index (χ0n) is 8.66. The third-order valence-electron chi connectivity index (χ3n) is 2.47. The second-order valence-electron chi connectivity index (χ2n) is 3.65. The van der Waals surface area contributed by atoms with Crippen LogP contribution in [0.4, 0.5) is 0 Å². The van der Waals surface area contributed by atoms with Crippen LogP contribution >= 0.6 is 12.2 Å². The molecule has 1 aliphatic heterocycles. The minimum atomic E-state index is -0.250. The maximum atomic E-state index is 10.9. The molecule has 1 aliphatic rings. The molecule has 2 amide bonds. The predicted molar refractivity (Wildman–Crippen MR) is 59.9 cm³/mol. The molecule has 0 spiro atoms. The van der Waals surface area contributed by atoms with Crippen LogP contribution in [0.15, 0.2) is 0 Å². The minimum absolute atomic E-state index is 0.0543. The highest BCUT2D eigenvalue weighted by atomic mass is 32.1. The number of hydrogen-bond donors (Lipinski definition) is 2. The van der Waals surface area contributed by atoms with Gasteiger partial charge in [-0.15, -0.1) is 0 Å². The highest BCUT2D eigenvalue weighted by molar-refractivity contribution is 7.80. The Morgan fingerprint density at radius 1 is 1.40 bits per heavy atom. The molecular weight excluding hydrogens is 214 g/mol. The summed E-state index contributed by atoms with van der Waals surface area (Å²) >= 11 is 5.03. The molecule has 0 radical (unpaired) electrons. The van der Waals surface area contributed by atoms with E-state index in [4.69, 9.17) is 18.0 Å². The number of likely N-dealkylation sites (tertiary alicyclic amines) is 1. The molecule has 0 saturated carbocycles. The van der Waals surface area contributed by atoms with Crippen LogP contribution in [0.5, 0.6) is 0 Å². The maximum absolute atomic E-state index is 10.9. The molecular formula is C9H15N3O2S. The molecule has 1 saturated heterocycles. The SMILES string of the molecule is CC(=O)NC(=S)N1CCC(C(N)=O)CC1. The van der Waals surface area contributed by atoms with Crippen LogP contribution in [0.25, 0.3) is 0 Å². The number of piperidine rings is 1. The summed E-state index contributed by atoms with van der Waals surface area (Å²) in [5, 5.41) is 2.99. The largest absolute Gasteiger partial charge is 0.369 e. The average molecular weight is 229 g/mol. The Kier molecular flexibility index (Phi) is 4.02. The van der Waals surface area contributed by atoms with Crippen molar-refractivity contribution < 1.29 is 9.59 Å². The third kappa shape index (κ3) is 3.47. The van der Waals surface area contributed by atoms with Gasteiger partial charge in [-0.2, -0.15) is 0 Å². The van der Waals surface area contributed by atoms with Gasteiger partial charge in [0.05, 0.1) is 0 Å². The Hall–Kier alpha value is -1.17. The number of amides is 2. The fraction of sp³-hybridized carbons (Fsp3) is 0.667. The fourth-order valence-corrected chi connectivity index (χ4v) is 1.92. The normalized spacial score (nSPS) is 17.3. The minimum Gasteiger partial charge on any atom is -0.369 e. The second kappa shape index (κ2) is 5.06. The zero-order chi connectivity index (χ0) is 11.4. The Morgan fingerprint density at radius 2 is 1.93 bits per heavy atom. The molecule has 84 valence electrons. The number of nitrogens with two attached hydrogens (primary N) is 1. The number of nitrogens with one attached hydrogen (secondary N) is 1. The fourth-order valence-electron chi connectivity index (χ4n) is 1.60. The number of primary amides is 1. The lowest BCUT2D eigenvalue weighted by atomic mass is 9.97. The van der Waals surface area contributed by atoms with Crippen LogP contribution < -0.4 is 11.1 Å². The number of carbonyl (C=O) groups is 2. The Balaban J connectivity index is 2.40. The van der Waals surface area contributed by atoms with E-state index in [1.807, 2.05) is 4.90 Å². The van der Waals surface area contributed by atoms with E-state index in [9.17, 15) is 9.59 Å². The maximum Gasteiger partial charge on any atom is 0.222 e. The summed E-state index contributed by atoms with van der Waals surface area (Å²) < 4.78 is 0. The van der Waals surface area contributed by atoms with Crippen molar-refractivity contribution in [2.75, 3.05) is 13.1 Å². The van der Waals surface area contributed by atoms with Crippen LogP contribution in [-0.2, 0) is 9.59 Å². The Labute approximate surface area is 94.0 Å². The molecule has 5 nitrogen and oxygen atoms in total. The summed E-state index contributed by atoms with van der Waals surface area (Å²) in [4.78, 5) is 23.6.